The number of aryl methyl sites for hydroxylation is 2. The van der Waals surface area contributed by atoms with Crippen LogP contribution in [0.25, 0.3) is 0 Å². The SMILES string of the molecule is CCc1cc(N)nn1C. The second-order valence-electron chi connectivity index (χ2n) is 2.04. The Morgan fingerprint density at radius 2 is 2.44 bits per heavy atom. The zero-order valence-electron chi connectivity index (χ0n) is 5.76. The molecule has 2 N–H and O–H groups in total. The van der Waals surface area contributed by atoms with E-state index in [1.165, 1.54) is 5.69 Å². The number of aromatic nitrogens is 2. The van der Waals surface area contributed by atoms with Crippen molar-refractivity contribution in [1.82, 2.24) is 9.78 Å². The van der Waals surface area contributed by atoms with Crippen molar-refractivity contribution in [2.75, 3.05) is 5.73 Å². The van der Waals surface area contributed by atoms with Crippen LogP contribution < -0.4 is 5.73 Å². The van der Waals surface area contributed by atoms with E-state index in [2.05, 4.69) is 12.0 Å². The summed E-state index contributed by atoms with van der Waals surface area (Å²) >= 11 is 0. The van der Waals surface area contributed by atoms with E-state index in [4.69, 9.17) is 5.73 Å². The Labute approximate surface area is 54.5 Å². The predicted molar refractivity (Wildman–Crippen MR) is 37.0 cm³/mol. The first-order valence-corrected chi connectivity index (χ1v) is 3.02. The maximum absolute atomic E-state index is 5.42. The number of rotatable bonds is 1. The molecule has 0 amide bonds. The van der Waals surface area contributed by atoms with Gasteiger partial charge in [-0.3, -0.25) is 4.68 Å². The fraction of sp³-hybridized carbons (Fsp3) is 0.500. The highest BCUT2D eigenvalue weighted by atomic mass is 15.3. The van der Waals surface area contributed by atoms with Gasteiger partial charge in [0.1, 0.15) is 5.82 Å². The minimum Gasteiger partial charge on any atom is -0.382 e. The maximum Gasteiger partial charge on any atom is 0.145 e. The molecule has 0 aromatic carbocycles. The largest absolute Gasteiger partial charge is 0.382 e. The van der Waals surface area contributed by atoms with Crippen molar-refractivity contribution >= 4 is 5.82 Å². The highest BCUT2D eigenvalue weighted by Crippen LogP contribution is 2.03. The van der Waals surface area contributed by atoms with Crippen LogP contribution in [-0.4, -0.2) is 9.78 Å². The summed E-state index contributed by atoms with van der Waals surface area (Å²) in [6, 6.07) is 1.89. The first-order chi connectivity index (χ1) is 4.24. The summed E-state index contributed by atoms with van der Waals surface area (Å²) in [6.45, 7) is 2.08. The van der Waals surface area contributed by atoms with Crippen LogP contribution in [0.2, 0.25) is 0 Å². The summed E-state index contributed by atoms with van der Waals surface area (Å²) in [4.78, 5) is 0. The minimum absolute atomic E-state index is 0.606. The van der Waals surface area contributed by atoms with Crippen LogP contribution in [0.1, 0.15) is 12.6 Å². The Bertz CT molecular complexity index is 202. The molecule has 0 unspecified atom stereocenters. The molecule has 3 nitrogen and oxygen atoms in total. The molecular formula is C6H11N3. The summed E-state index contributed by atoms with van der Waals surface area (Å²) in [5, 5.41) is 3.98. The molecule has 1 aromatic heterocycles. The average molecular weight is 125 g/mol. The van der Waals surface area contributed by atoms with Gasteiger partial charge < -0.3 is 5.73 Å². The monoisotopic (exact) mass is 125 g/mol. The van der Waals surface area contributed by atoms with Gasteiger partial charge in [-0.15, -0.1) is 0 Å². The highest BCUT2D eigenvalue weighted by Gasteiger charge is 1.96. The van der Waals surface area contributed by atoms with Crippen LogP contribution in [0, 0.1) is 0 Å². The Kier molecular flexibility index (Phi) is 1.42. The van der Waals surface area contributed by atoms with Gasteiger partial charge in [0.15, 0.2) is 0 Å². The van der Waals surface area contributed by atoms with Crippen LogP contribution >= 0.6 is 0 Å². The molecule has 0 aliphatic heterocycles. The molecule has 0 aliphatic rings. The summed E-state index contributed by atoms with van der Waals surface area (Å²) in [5.74, 6) is 0.606. The predicted octanol–water partition coefficient (Wildman–Crippen LogP) is 0.565. The number of nitrogen functional groups attached to an aromatic ring is 1. The third-order valence-corrected chi connectivity index (χ3v) is 1.36. The summed E-state index contributed by atoms with van der Waals surface area (Å²) in [6.07, 6.45) is 0.987. The van der Waals surface area contributed by atoms with E-state index in [0.29, 0.717) is 5.82 Å². The fourth-order valence-corrected chi connectivity index (χ4v) is 0.861. The molecule has 50 valence electrons. The average Bonchev–Trinajstić information content (AvgIpc) is 2.10. The standard InChI is InChI=1S/C6H11N3/c1-3-5-4-6(7)8-9(5)2/h4H,3H2,1-2H3,(H2,7,8). The van der Waals surface area contributed by atoms with Crippen molar-refractivity contribution in [2.45, 2.75) is 13.3 Å². The van der Waals surface area contributed by atoms with Crippen LogP contribution in [0.15, 0.2) is 6.07 Å². The van der Waals surface area contributed by atoms with Gasteiger partial charge >= 0.3 is 0 Å². The van der Waals surface area contributed by atoms with Crippen molar-refractivity contribution in [2.24, 2.45) is 7.05 Å². The number of hydrogen-bond donors (Lipinski definition) is 1. The third kappa shape index (κ3) is 1.04. The van der Waals surface area contributed by atoms with Gasteiger partial charge in [-0.05, 0) is 6.42 Å². The molecule has 0 radical (unpaired) electrons. The van der Waals surface area contributed by atoms with E-state index in [-0.39, 0.29) is 0 Å². The molecular weight excluding hydrogens is 114 g/mol. The zero-order chi connectivity index (χ0) is 6.85. The smallest absolute Gasteiger partial charge is 0.145 e. The van der Waals surface area contributed by atoms with E-state index in [1.54, 1.807) is 4.68 Å². The van der Waals surface area contributed by atoms with Crippen molar-refractivity contribution in [3.63, 3.8) is 0 Å². The van der Waals surface area contributed by atoms with E-state index in [1.807, 2.05) is 13.1 Å². The van der Waals surface area contributed by atoms with Gasteiger partial charge in [0.2, 0.25) is 0 Å². The molecule has 1 heterocycles. The normalized spacial score (nSPS) is 10.0. The summed E-state index contributed by atoms with van der Waals surface area (Å²) < 4.78 is 1.80. The van der Waals surface area contributed by atoms with Gasteiger partial charge in [0.05, 0.1) is 0 Å². The second kappa shape index (κ2) is 2.09. The van der Waals surface area contributed by atoms with Gasteiger partial charge in [0.25, 0.3) is 0 Å². The molecule has 9 heavy (non-hydrogen) atoms. The van der Waals surface area contributed by atoms with Gasteiger partial charge in [-0.1, -0.05) is 6.92 Å². The van der Waals surface area contributed by atoms with Crippen LogP contribution in [0.3, 0.4) is 0 Å². The van der Waals surface area contributed by atoms with Gasteiger partial charge in [0, 0.05) is 18.8 Å². The number of nitrogens with zero attached hydrogens (tertiary/aromatic N) is 2. The molecule has 0 atom stereocenters. The second-order valence-corrected chi connectivity index (χ2v) is 2.04. The minimum atomic E-state index is 0.606. The molecule has 0 saturated heterocycles. The molecule has 0 saturated carbocycles. The number of hydrogen-bond acceptors (Lipinski definition) is 2. The van der Waals surface area contributed by atoms with E-state index in [0.717, 1.165) is 6.42 Å². The van der Waals surface area contributed by atoms with E-state index < -0.39 is 0 Å². The molecule has 0 aliphatic carbocycles. The molecule has 0 fully saturated rings. The molecule has 3 heteroatoms. The third-order valence-electron chi connectivity index (χ3n) is 1.36. The maximum atomic E-state index is 5.42. The van der Waals surface area contributed by atoms with Crippen LogP contribution in [0.4, 0.5) is 5.82 Å². The lowest BCUT2D eigenvalue weighted by Crippen LogP contribution is -1.96. The van der Waals surface area contributed by atoms with Crippen molar-refractivity contribution in [3.8, 4) is 0 Å². The Morgan fingerprint density at radius 3 is 2.67 bits per heavy atom. The Hall–Kier alpha value is -0.990. The Morgan fingerprint density at radius 1 is 1.78 bits per heavy atom. The summed E-state index contributed by atoms with van der Waals surface area (Å²) in [5.41, 5.74) is 6.60. The van der Waals surface area contributed by atoms with Crippen molar-refractivity contribution in [1.29, 1.82) is 0 Å². The lowest BCUT2D eigenvalue weighted by Gasteiger charge is -1.92. The highest BCUT2D eigenvalue weighted by molar-refractivity contribution is 5.29. The van der Waals surface area contributed by atoms with E-state index >= 15 is 0 Å². The molecule has 0 bridgehead atoms. The van der Waals surface area contributed by atoms with Crippen molar-refractivity contribution < 1.29 is 0 Å². The summed E-state index contributed by atoms with van der Waals surface area (Å²) in [7, 11) is 1.90. The molecule has 1 aromatic rings. The molecule has 1 rings (SSSR count). The first kappa shape index (κ1) is 6.13. The van der Waals surface area contributed by atoms with Crippen LogP contribution in [0.5, 0.6) is 0 Å². The Balaban J connectivity index is 3.01. The fourth-order valence-electron chi connectivity index (χ4n) is 0.861. The number of anilines is 1. The lowest BCUT2D eigenvalue weighted by molar-refractivity contribution is 0.721. The first-order valence-electron chi connectivity index (χ1n) is 3.02. The zero-order valence-corrected chi connectivity index (χ0v) is 5.76. The van der Waals surface area contributed by atoms with Gasteiger partial charge in [-0.25, -0.2) is 0 Å². The van der Waals surface area contributed by atoms with Crippen molar-refractivity contribution in [3.05, 3.63) is 11.8 Å². The lowest BCUT2D eigenvalue weighted by atomic mass is 10.3. The topological polar surface area (TPSA) is 43.8 Å². The van der Waals surface area contributed by atoms with E-state index in [9.17, 15) is 0 Å². The molecule has 0 spiro atoms. The van der Waals surface area contributed by atoms with Gasteiger partial charge in [-0.2, -0.15) is 5.10 Å². The quantitative estimate of drug-likeness (QED) is 0.596. The number of nitrogens with two attached hydrogens (primary N) is 1. The van der Waals surface area contributed by atoms with Crippen LogP contribution in [-0.2, 0) is 13.5 Å².